The molecule has 4 rings (SSSR count). The van der Waals surface area contributed by atoms with E-state index in [0.29, 0.717) is 13.0 Å². The van der Waals surface area contributed by atoms with E-state index in [1.54, 1.807) is 11.3 Å². The summed E-state index contributed by atoms with van der Waals surface area (Å²) in [5, 5.41) is 12.2. The molecule has 1 aliphatic rings. The fourth-order valence-electron chi connectivity index (χ4n) is 3.59. The summed E-state index contributed by atoms with van der Waals surface area (Å²) in [7, 11) is 0. The first-order valence-corrected chi connectivity index (χ1v) is 10.6. The van der Waals surface area contributed by atoms with E-state index in [4.69, 9.17) is 4.74 Å². The van der Waals surface area contributed by atoms with Crippen LogP contribution in [0, 0.1) is 17.2 Å². The third kappa shape index (κ3) is 3.83. The van der Waals surface area contributed by atoms with Crippen LogP contribution in [0.3, 0.4) is 0 Å². The zero-order valence-electron chi connectivity index (χ0n) is 16.7. The minimum absolute atomic E-state index is 0.0756. The van der Waals surface area contributed by atoms with Gasteiger partial charge in [0.2, 0.25) is 5.91 Å². The van der Waals surface area contributed by atoms with Crippen LogP contribution >= 0.6 is 11.3 Å². The van der Waals surface area contributed by atoms with Crippen LogP contribution in [0.4, 0.5) is 0 Å². The highest BCUT2D eigenvalue weighted by atomic mass is 32.1. The lowest BCUT2D eigenvalue weighted by Crippen LogP contribution is -2.25. The van der Waals surface area contributed by atoms with Crippen molar-refractivity contribution in [3.63, 3.8) is 0 Å². The standard InChI is InChI=1S/C23H23N3O2S/c1-14(17-10-21(27)25-11-17)28-20-9-16(8-19-22(20)29-13-26-19)15-4-6-18(7-5-15)23(2,3)12-24/h4-9,13-14,17H,10-11H2,1-3H3,(H,25,27)/t14-,17-/m1/s1. The number of nitrogens with zero attached hydrogens (tertiary/aromatic N) is 2. The Morgan fingerprint density at radius 2 is 2.03 bits per heavy atom. The van der Waals surface area contributed by atoms with Crippen LogP contribution in [0.25, 0.3) is 21.3 Å². The van der Waals surface area contributed by atoms with E-state index < -0.39 is 5.41 Å². The maximum absolute atomic E-state index is 11.5. The predicted octanol–water partition coefficient (Wildman–Crippen LogP) is 4.67. The molecule has 148 valence electrons. The Morgan fingerprint density at radius 3 is 2.69 bits per heavy atom. The number of rotatable bonds is 5. The number of hydrogen-bond donors (Lipinski definition) is 1. The first kappa shape index (κ1) is 19.4. The molecule has 29 heavy (non-hydrogen) atoms. The molecule has 0 unspecified atom stereocenters. The average Bonchev–Trinajstić information content (AvgIpc) is 3.37. The molecular weight excluding hydrogens is 382 g/mol. The summed E-state index contributed by atoms with van der Waals surface area (Å²) in [4.78, 5) is 16.0. The summed E-state index contributed by atoms with van der Waals surface area (Å²) >= 11 is 1.56. The number of benzene rings is 2. The fourth-order valence-corrected chi connectivity index (χ4v) is 4.32. The van der Waals surface area contributed by atoms with Gasteiger partial charge in [-0.3, -0.25) is 4.79 Å². The van der Waals surface area contributed by atoms with Gasteiger partial charge in [0.15, 0.2) is 0 Å². The third-order valence-corrected chi connectivity index (χ3v) is 6.46. The number of thiazole rings is 1. The topological polar surface area (TPSA) is 75.0 Å². The molecule has 2 aromatic carbocycles. The average molecular weight is 406 g/mol. The second-order valence-corrected chi connectivity index (χ2v) is 8.94. The van der Waals surface area contributed by atoms with Crippen molar-refractivity contribution < 1.29 is 9.53 Å². The number of nitrogens with one attached hydrogen (secondary N) is 1. The number of carbonyl (C=O) groups excluding carboxylic acids is 1. The minimum Gasteiger partial charge on any atom is -0.489 e. The minimum atomic E-state index is -0.520. The van der Waals surface area contributed by atoms with Crippen molar-refractivity contribution in [2.45, 2.75) is 38.7 Å². The fraction of sp³-hybridized carbons (Fsp3) is 0.348. The van der Waals surface area contributed by atoms with Crippen molar-refractivity contribution in [3.05, 3.63) is 47.5 Å². The Bertz CT molecular complexity index is 1100. The van der Waals surface area contributed by atoms with Crippen LogP contribution in [-0.4, -0.2) is 23.5 Å². The van der Waals surface area contributed by atoms with E-state index in [9.17, 15) is 10.1 Å². The van der Waals surface area contributed by atoms with Crippen LogP contribution in [0.1, 0.15) is 32.8 Å². The van der Waals surface area contributed by atoms with Crippen LogP contribution in [0.2, 0.25) is 0 Å². The second-order valence-electron chi connectivity index (χ2n) is 8.08. The molecule has 1 aromatic heterocycles. The van der Waals surface area contributed by atoms with E-state index in [1.165, 1.54) is 0 Å². The number of hydrogen-bond acceptors (Lipinski definition) is 5. The van der Waals surface area contributed by atoms with Gasteiger partial charge in [-0.15, -0.1) is 11.3 Å². The first-order chi connectivity index (χ1) is 13.9. The number of amides is 1. The lowest BCUT2D eigenvalue weighted by Gasteiger charge is -2.20. The molecule has 1 N–H and O–H groups in total. The molecule has 5 nitrogen and oxygen atoms in total. The van der Waals surface area contributed by atoms with Crippen molar-refractivity contribution in [2.24, 2.45) is 5.92 Å². The Kier molecular flexibility index (Phi) is 5.01. The number of aromatic nitrogens is 1. The van der Waals surface area contributed by atoms with Gasteiger partial charge in [0, 0.05) is 18.9 Å². The van der Waals surface area contributed by atoms with Crippen molar-refractivity contribution in [1.82, 2.24) is 10.3 Å². The Hall–Kier alpha value is -2.91. The molecule has 0 aliphatic carbocycles. The highest BCUT2D eigenvalue weighted by Gasteiger charge is 2.28. The molecule has 1 fully saturated rings. The monoisotopic (exact) mass is 405 g/mol. The molecule has 2 heterocycles. The quantitative estimate of drug-likeness (QED) is 0.669. The maximum Gasteiger partial charge on any atom is 0.220 e. The smallest absolute Gasteiger partial charge is 0.220 e. The lowest BCUT2D eigenvalue weighted by atomic mass is 9.85. The molecule has 0 saturated carbocycles. The van der Waals surface area contributed by atoms with E-state index in [2.05, 4.69) is 22.4 Å². The highest BCUT2D eigenvalue weighted by molar-refractivity contribution is 7.17. The Labute approximate surface area is 174 Å². The van der Waals surface area contributed by atoms with Gasteiger partial charge in [0.25, 0.3) is 0 Å². The van der Waals surface area contributed by atoms with Crippen LogP contribution in [0.15, 0.2) is 41.9 Å². The van der Waals surface area contributed by atoms with Gasteiger partial charge in [0.05, 0.1) is 27.2 Å². The van der Waals surface area contributed by atoms with Crippen molar-refractivity contribution in [3.8, 4) is 22.9 Å². The summed E-state index contributed by atoms with van der Waals surface area (Å²) < 4.78 is 7.32. The van der Waals surface area contributed by atoms with Gasteiger partial charge in [-0.1, -0.05) is 24.3 Å². The van der Waals surface area contributed by atoms with Crippen molar-refractivity contribution >= 4 is 27.5 Å². The summed E-state index contributed by atoms with van der Waals surface area (Å²) in [6.45, 7) is 6.50. The zero-order valence-corrected chi connectivity index (χ0v) is 17.5. The summed E-state index contributed by atoms with van der Waals surface area (Å²) in [6, 6.07) is 14.5. The van der Waals surface area contributed by atoms with Crippen LogP contribution in [0.5, 0.6) is 5.75 Å². The van der Waals surface area contributed by atoms with Crippen molar-refractivity contribution in [1.29, 1.82) is 5.26 Å². The van der Waals surface area contributed by atoms with E-state index in [1.807, 2.05) is 56.6 Å². The van der Waals surface area contributed by atoms with Gasteiger partial charge < -0.3 is 10.1 Å². The second kappa shape index (κ2) is 7.49. The molecule has 1 aliphatic heterocycles. The Balaban J connectivity index is 1.66. The number of nitriles is 1. The molecule has 0 spiro atoms. The normalized spacial score (nSPS) is 17.7. The maximum atomic E-state index is 11.5. The van der Waals surface area contributed by atoms with E-state index in [-0.39, 0.29) is 17.9 Å². The van der Waals surface area contributed by atoms with Gasteiger partial charge in [-0.2, -0.15) is 5.26 Å². The molecule has 6 heteroatoms. The summed E-state index contributed by atoms with van der Waals surface area (Å²) in [5.41, 5.74) is 5.26. The SMILES string of the molecule is C[C@@H](Oc1cc(-c2ccc(C(C)(C)C#N)cc2)cc2ncsc12)[C@H]1CNC(=O)C1. The van der Waals surface area contributed by atoms with Crippen molar-refractivity contribution in [2.75, 3.05) is 6.54 Å². The van der Waals surface area contributed by atoms with Crippen LogP contribution in [-0.2, 0) is 10.2 Å². The Morgan fingerprint density at radius 1 is 1.28 bits per heavy atom. The summed E-state index contributed by atoms with van der Waals surface area (Å²) in [6.07, 6.45) is 0.427. The predicted molar refractivity (Wildman–Crippen MR) is 115 cm³/mol. The molecule has 2 atom stereocenters. The van der Waals surface area contributed by atoms with Gasteiger partial charge >= 0.3 is 0 Å². The van der Waals surface area contributed by atoms with E-state index in [0.717, 1.165) is 32.7 Å². The summed E-state index contributed by atoms with van der Waals surface area (Å²) in [5.74, 6) is 1.05. The first-order valence-electron chi connectivity index (χ1n) is 9.70. The number of fused-ring (bicyclic) bond motifs is 1. The lowest BCUT2D eigenvalue weighted by molar-refractivity contribution is -0.119. The van der Waals surface area contributed by atoms with Gasteiger partial charge in [-0.25, -0.2) is 4.98 Å². The molecule has 0 radical (unpaired) electrons. The van der Waals surface area contributed by atoms with Gasteiger partial charge in [-0.05, 0) is 49.6 Å². The molecular formula is C23H23N3O2S. The number of ether oxygens (including phenoxy) is 1. The molecule has 0 bridgehead atoms. The third-order valence-electron chi connectivity index (χ3n) is 5.60. The van der Waals surface area contributed by atoms with Gasteiger partial charge in [0.1, 0.15) is 11.9 Å². The number of carbonyl (C=O) groups is 1. The molecule has 1 saturated heterocycles. The van der Waals surface area contributed by atoms with Crippen LogP contribution < -0.4 is 10.1 Å². The van der Waals surface area contributed by atoms with E-state index >= 15 is 0 Å². The highest BCUT2D eigenvalue weighted by Crippen LogP contribution is 2.36. The molecule has 1 amide bonds. The largest absolute Gasteiger partial charge is 0.489 e. The molecule has 3 aromatic rings. The zero-order chi connectivity index (χ0) is 20.6.